The van der Waals surface area contributed by atoms with Gasteiger partial charge in [0, 0.05) is 19.1 Å². The number of rotatable bonds is 10. The molecule has 0 aliphatic heterocycles. The van der Waals surface area contributed by atoms with Crippen LogP contribution >= 0.6 is 24.0 Å². The molecule has 0 bridgehead atoms. The van der Waals surface area contributed by atoms with Gasteiger partial charge in [-0.15, -0.1) is 24.0 Å². The number of carbonyl (C=O) groups is 1. The number of alkyl carbamates (subject to hydrolysis) is 1. The molecule has 0 aliphatic carbocycles. The van der Waals surface area contributed by atoms with Crippen molar-refractivity contribution in [3.05, 3.63) is 24.2 Å². The Morgan fingerprint density at radius 1 is 1.36 bits per heavy atom. The highest BCUT2D eigenvalue weighted by Crippen LogP contribution is 2.21. The number of hydrogen-bond donors (Lipinski definition) is 4. The first-order chi connectivity index (χ1) is 12.8. The summed E-state index contributed by atoms with van der Waals surface area (Å²) in [6.45, 7) is 11.2. The first-order valence-electron chi connectivity index (χ1n) is 9.50. The maximum Gasteiger partial charge on any atom is 0.407 e. The van der Waals surface area contributed by atoms with E-state index >= 15 is 0 Å². The van der Waals surface area contributed by atoms with Crippen LogP contribution in [0.5, 0.6) is 0 Å². The second-order valence-electron chi connectivity index (χ2n) is 7.02. The van der Waals surface area contributed by atoms with Crippen molar-refractivity contribution < 1.29 is 19.1 Å². The molecule has 0 saturated heterocycles. The highest BCUT2D eigenvalue weighted by Gasteiger charge is 2.26. The Morgan fingerprint density at radius 3 is 2.61 bits per heavy atom. The predicted octanol–water partition coefficient (Wildman–Crippen LogP) is 2.82. The molecule has 1 aromatic rings. The molecule has 0 spiro atoms. The highest BCUT2D eigenvalue weighted by molar-refractivity contribution is 14.0. The van der Waals surface area contributed by atoms with Gasteiger partial charge in [0.1, 0.15) is 11.4 Å². The molecule has 0 aliphatic rings. The molecule has 1 rings (SSSR count). The second-order valence-corrected chi connectivity index (χ2v) is 7.02. The topological polar surface area (TPSA) is 108 Å². The van der Waals surface area contributed by atoms with Gasteiger partial charge in [-0.2, -0.15) is 0 Å². The van der Waals surface area contributed by atoms with E-state index in [1.165, 1.54) is 6.26 Å². The Morgan fingerprint density at radius 2 is 2.07 bits per heavy atom. The van der Waals surface area contributed by atoms with Crippen LogP contribution in [0.25, 0.3) is 0 Å². The van der Waals surface area contributed by atoms with E-state index in [0.717, 1.165) is 6.42 Å². The number of nitrogens with zero attached hydrogens (tertiary/aromatic N) is 1. The molecule has 0 saturated carbocycles. The van der Waals surface area contributed by atoms with Crippen molar-refractivity contribution in [3.63, 3.8) is 0 Å². The standard InChI is InChI=1S/C19H34N4O4.HI/c1-6-20-17(22-13-19(5,25)16-9-8-10-27-16)21-12-15(11-14(3)4)23-18(24)26-7-2;/h8-10,14-15,25H,6-7,11-13H2,1-5H3,(H,23,24)(H2,20,21,22);1H. The van der Waals surface area contributed by atoms with Crippen LogP contribution in [0.1, 0.15) is 46.8 Å². The predicted molar refractivity (Wildman–Crippen MR) is 121 cm³/mol. The molecule has 1 heterocycles. The van der Waals surface area contributed by atoms with Gasteiger partial charge in [0.05, 0.1) is 19.4 Å². The van der Waals surface area contributed by atoms with Gasteiger partial charge in [-0.25, -0.2) is 9.79 Å². The fourth-order valence-corrected chi connectivity index (χ4v) is 2.56. The Hall–Kier alpha value is -1.49. The summed E-state index contributed by atoms with van der Waals surface area (Å²) in [5.41, 5.74) is -1.20. The fraction of sp³-hybridized carbons (Fsp3) is 0.684. The van der Waals surface area contributed by atoms with Gasteiger partial charge in [0.2, 0.25) is 0 Å². The summed E-state index contributed by atoms with van der Waals surface area (Å²) >= 11 is 0. The fourth-order valence-electron chi connectivity index (χ4n) is 2.56. The van der Waals surface area contributed by atoms with E-state index in [4.69, 9.17) is 9.15 Å². The van der Waals surface area contributed by atoms with Crippen molar-refractivity contribution in [2.75, 3.05) is 26.2 Å². The number of ether oxygens (including phenoxy) is 1. The number of amides is 1. The summed E-state index contributed by atoms with van der Waals surface area (Å²) in [7, 11) is 0. The smallest absolute Gasteiger partial charge is 0.407 e. The maximum absolute atomic E-state index is 11.7. The first-order valence-corrected chi connectivity index (χ1v) is 9.50. The zero-order valence-corrected chi connectivity index (χ0v) is 19.8. The minimum absolute atomic E-state index is 0. The van der Waals surface area contributed by atoms with E-state index < -0.39 is 11.7 Å². The molecule has 2 atom stereocenters. The number of halogens is 1. The molecule has 4 N–H and O–H groups in total. The van der Waals surface area contributed by atoms with Crippen LogP contribution < -0.4 is 16.0 Å². The van der Waals surface area contributed by atoms with Crippen molar-refractivity contribution in [1.29, 1.82) is 0 Å². The Balaban J connectivity index is 0.00000729. The molecule has 1 aromatic heterocycles. The minimum Gasteiger partial charge on any atom is -0.466 e. The van der Waals surface area contributed by atoms with Gasteiger partial charge < -0.3 is 30.2 Å². The van der Waals surface area contributed by atoms with Crippen LogP contribution in [0.2, 0.25) is 0 Å². The molecule has 0 radical (unpaired) electrons. The number of furan rings is 1. The third-order valence-corrected chi connectivity index (χ3v) is 3.81. The van der Waals surface area contributed by atoms with Gasteiger partial charge in [-0.1, -0.05) is 13.8 Å². The number of hydrogen-bond acceptors (Lipinski definition) is 5. The normalized spacial score (nSPS) is 14.6. The SMILES string of the molecule is CCNC(=NCC(C)(O)c1ccco1)NCC(CC(C)C)NC(=O)OCC.I. The molecular formula is C19H35IN4O4. The summed E-state index contributed by atoms with van der Waals surface area (Å²) in [6.07, 6.45) is 1.90. The lowest BCUT2D eigenvalue weighted by molar-refractivity contribution is 0.0437. The van der Waals surface area contributed by atoms with Gasteiger partial charge in [0.15, 0.2) is 5.96 Å². The lowest BCUT2D eigenvalue weighted by atomic mass is 10.0. The van der Waals surface area contributed by atoms with Crippen molar-refractivity contribution in [3.8, 4) is 0 Å². The van der Waals surface area contributed by atoms with E-state index in [-0.39, 0.29) is 36.6 Å². The molecule has 162 valence electrons. The van der Waals surface area contributed by atoms with Crippen molar-refractivity contribution >= 4 is 36.0 Å². The third-order valence-electron chi connectivity index (χ3n) is 3.81. The van der Waals surface area contributed by atoms with Crippen molar-refractivity contribution in [1.82, 2.24) is 16.0 Å². The molecule has 1 amide bonds. The Labute approximate surface area is 184 Å². The van der Waals surface area contributed by atoms with E-state index in [9.17, 15) is 9.90 Å². The summed E-state index contributed by atoms with van der Waals surface area (Å²) in [6, 6.07) is 3.35. The van der Waals surface area contributed by atoms with Crippen LogP contribution in [0.15, 0.2) is 27.8 Å². The highest BCUT2D eigenvalue weighted by atomic mass is 127. The van der Waals surface area contributed by atoms with Crippen LogP contribution in [-0.2, 0) is 10.3 Å². The average Bonchev–Trinajstić information content (AvgIpc) is 3.12. The maximum atomic E-state index is 11.7. The zero-order chi connectivity index (χ0) is 20.3. The van der Waals surface area contributed by atoms with Gasteiger partial charge in [-0.3, -0.25) is 0 Å². The summed E-state index contributed by atoms with van der Waals surface area (Å²) in [5.74, 6) is 1.44. The Kier molecular flexibility index (Phi) is 12.9. The van der Waals surface area contributed by atoms with Crippen molar-refractivity contribution in [2.24, 2.45) is 10.9 Å². The van der Waals surface area contributed by atoms with Crippen LogP contribution in [0.3, 0.4) is 0 Å². The van der Waals surface area contributed by atoms with Crippen molar-refractivity contribution in [2.45, 2.75) is 52.7 Å². The lowest BCUT2D eigenvalue weighted by Crippen LogP contribution is -2.48. The second kappa shape index (κ2) is 13.6. The quantitative estimate of drug-likeness (QED) is 0.219. The number of guanidine groups is 1. The Bertz CT molecular complexity index is 576. The van der Waals surface area contributed by atoms with E-state index in [2.05, 4.69) is 34.8 Å². The molecular weight excluding hydrogens is 475 g/mol. The largest absolute Gasteiger partial charge is 0.466 e. The average molecular weight is 510 g/mol. The number of nitrogens with one attached hydrogen (secondary N) is 3. The first kappa shape index (κ1) is 26.5. The van der Waals surface area contributed by atoms with Crippen LogP contribution in [0, 0.1) is 5.92 Å². The monoisotopic (exact) mass is 510 g/mol. The number of aliphatic hydroxyl groups is 1. The molecule has 0 aromatic carbocycles. The van der Waals surface area contributed by atoms with E-state index in [1.807, 2.05) is 6.92 Å². The molecule has 8 nitrogen and oxygen atoms in total. The third kappa shape index (κ3) is 10.2. The summed E-state index contributed by atoms with van der Waals surface area (Å²) < 4.78 is 10.3. The minimum atomic E-state index is -1.20. The summed E-state index contributed by atoms with van der Waals surface area (Å²) in [5, 5.41) is 19.8. The van der Waals surface area contributed by atoms with Crippen LogP contribution in [0.4, 0.5) is 4.79 Å². The molecule has 9 heteroatoms. The molecule has 2 unspecified atom stereocenters. The zero-order valence-electron chi connectivity index (χ0n) is 17.4. The van der Waals surface area contributed by atoms with Gasteiger partial charge in [-0.05, 0) is 45.2 Å². The molecule has 0 fully saturated rings. The number of carbonyl (C=O) groups excluding carboxylic acids is 1. The van der Waals surface area contributed by atoms with E-state index in [0.29, 0.717) is 37.3 Å². The molecule has 28 heavy (non-hydrogen) atoms. The van der Waals surface area contributed by atoms with Gasteiger partial charge in [0.25, 0.3) is 0 Å². The summed E-state index contributed by atoms with van der Waals surface area (Å²) in [4.78, 5) is 16.2. The van der Waals surface area contributed by atoms with E-state index in [1.54, 1.807) is 26.0 Å². The number of aliphatic imine (C=N–C) groups is 1. The van der Waals surface area contributed by atoms with Crippen LogP contribution in [-0.4, -0.2) is 49.4 Å². The van der Waals surface area contributed by atoms with Gasteiger partial charge >= 0.3 is 6.09 Å². The lowest BCUT2D eigenvalue weighted by Gasteiger charge is -2.23.